The number of piperazine rings is 2. The van der Waals surface area contributed by atoms with Crippen LogP contribution in [0.1, 0.15) is 34.6 Å². The Kier molecular flexibility index (Phi) is 13.8. The minimum absolute atomic E-state index is 0.0486. The van der Waals surface area contributed by atoms with Gasteiger partial charge in [-0.05, 0) is 27.7 Å². The number of ether oxygens (including phenoxy) is 2. The minimum atomic E-state index is -4.53. The Balaban J connectivity index is 0.000000180. The van der Waals surface area contributed by atoms with Crippen LogP contribution in [0.2, 0.25) is 0 Å². The third-order valence-electron chi connectivity index (χ3n) is 12.7. The van der Waals surface area contributed by atoms with Gasteiger partial charge in [0.25, 0.3) is 0 Å². The molecule has 10 rings (SSSR count). The topological polar surface area (TPSA) is 255 Å². The first-order valence-corrected chi connectivity index (χ1v) is 23.6. The quantitative estimate of drug-likeness (QED) is 0.185. The van der Waals surface area contributed by atoms with E-state index >= 15 is 0 Å². The van der Waals surface area contributed by atoms with Crippen LogP contribution in [-0.2, 0) is 27.4 Å². The maximum absolute atomic E-state index is 13.9. The molecule has 29 heteroatoms. The molecule has 23 nitrogen and oxygen atoms in total. The molecule has 4 aliphatic rings. The van der Waals surface area contributed by atoms with Crippen molar-refractivity contribution in [3.8, 4) is 22.8 Å². The second-order valence-corrected chi connectivity index (χ2v) is 19.3. The van der Waals surface area contributed by atoms with Crippen molar-refractivity contribution in [2.24, 2.45) is 0 Å². The molecule has 0 bridgehead atoms. The molecule has 0 aromatic carbocycles. The first-order valence-electron chi connectivity index (χ1n) is 23.6. The molecule has 10 heterocycles. The average Bonchev–Trinajstić information content (AvgIpc) is 3.87. The number of morpholine rings is 2. The highest BCUT2D eigenvalue weighted by Crippen LogP contribution is 2.37. The van der Waals surface area contributed by atoms with Crippen LogP contribution in [0.5, 0.6) is 0 Å². The van der Waals surface area contributed by atoms with Crippen molar-refractivity contribution in [1.82, 2.24) is 69.2 Å². The third kappa shape index (κ3) is 11.3. The molecule has 0 radical (unpaired) electrons. The summed E-state index contributed by atoms with van der Waals surface area (Å²) in [6, 6.07) is 0. The molecule has 0 atom stereocenters. The number of aromatic nitrogens is 12. The van der Waals surface area contributed by atoms with Gasteiger partial charge in [-0.25, -0.2) is 49.8 Å². The number of imidazole rings is 2. The lowest BCUT2D eigenvalue weighted by atomic mass is 9.99. The summed E-state index contributed by atoms with van der Waals surface area (Å²) in [7, 11) is 0. The van der Waals surface area contributed by atoms with Crippen molar-refractivity contribution in [2.45, 2.75) is 71.1 Å². The second kappa shape index (κ2) is 19.8. The summed E-state index contributed by atoms with van der Waals surface area (Å²) in [6.45, 7) is 13.3. The number of alkyl halides is 6. The monoisotopic (exact) mass is 1030 g/mol. The van der Waals surface area contributed by atoms with E-state index in [1.54, 1.807) is 9.80 Å². The van der Waals surface area contributed by atoms with Gasteiger partial charge in [0.1, 0.15) is 13.1 Å². The van der Waals surface area contributed by atoms with Gasteiger partial charge in [0.15, 0.2) is 45.6 Å². The van der Waals surface area contributed by atoms with E-state index in [2.05, 4.69) is 35.2 Å². The van der Waals surface area contributed by atoms with Gasteiger partial charge in [0, 0.05) is 103 Å². The van der Waals surface area contributed by atoms with Crippen LogP contribution in [0.4, 0.5) is 61.8 Å². The first-order chi connectivity index (χ1) is 34.5. The van der Waals surface area contributed by atoms with E-state index in [0.29, 0.717) is 120 Å². The van der Waals surface area contributed by atoms with E-state index in [9.17, 15) is 31.1 Å². The van der Waals surface area contributed by atoms with Gasteiger partial charge in [-0.3, -0.25) is 13.9 Å². The number of hydrogen-bond donors (Lipinski definition) is 3. The normalized spacial score (nSPS) is 18.6. The van der Waals surface area contributed by atoms with Gasteiger partial charge in [-0.2, -0.15) is 26.3 Å². The predicted molar refractivity (Wildman–Crippen MR) is 258 cm³/mol. The number of hydrogen-bond acceptors (Lipinski definition) is 20. The summed E-state index contributed by atoms with van der Waals surface area (Å²) in [5.74, 6) is 1.63. The highest BCUT2D eigenvalue weighted by molar-refractivity contribution is 5.89. The molecule has 73 heavy (non-hydrogen) atoms. The number of nitrogens with one attached hydrogen (secondary N) is 1. The molecule has 4 saturated heterocycles. The molecular weight excluding hydrogens is 971 g/mol. The molecule has 5 N–H and O–H groups in total. The zero-order valence-corrected chi connectivity index (χ0v) is 40.9. The highest BCUT2D eigenvalue weighted by atomic mass is 19.4. The van der Waals surface area contributed by atoms with Gasteiger partial charge in [-0.1, -0.05) is 0 Å². The Morgan fingerprint density at radius 1 is 0.603 bits per heavy atom. The number of carbonyl (C=O) groups is 1. The maximum Gasteiger partial charge on any atom is 0.406 e. The summed E-state index contributed by atoms with van der Waals surface area (Å²) in [5.41, 5.74) is 11.9. The Hall–Kier alpha value is -7.01. The van der Waals surface area contributed by atoms with Gasteiger partial charge in [0.2, 0.25) is 29.7 Å². The van der Waals surface area contributed by atoms with Crippen molar-refractivity contribution in [3.05, 3.63) is 24.8 Å². The van der Waals surface area contributed by atoms with Gasteiger partial charge in [-0.15, -0.1) is 0 Å². The summed E-state index contributed by atoms with van der Waals surface area (Å²) in [6.07, 6.45) is -3.23. The number of carbonyl (C=O) groups excluding carboxylic acids is 1. The van der Waals surface area contributed by atoms with Crippen LogP contribution >= 0.6 is 0 Å². The van der Waals surface area contributed by atoms with Crippen molar-refractivity contribution in [3.63, 3.8) is 0 Å². The Morgan fingerprint density at radius 2 is 1.03 bits per heavy atom. The van der Waals surface area contributed by atoms with E-state index < -0.39 is 31.0 Å². The van der Waals surface area contributed by atoms with E-state index in [-0.39, 0.29) is 63.7 Å². The Morgan fingerprint density at radius 3 is 1.41 bits per heavy atom. The SMILES string of the molecule is CC(=O)N1CCN(c2nc3c(N4CCOCC4)nc(-c4cnc(N)nc4)nc3n2CC(F)(F)F)CC1(C)C.CC1(C)CN(c2nc3c(N4CCOCC4)nc(-c4cnc(N)nc4)nc3n2CC(F)(F)F)CCN1. The lowest BCUT2D eigenvalue weighted by molar-refractivity contribution is -0.140. The smallest absolute Gasteiger partial charge is 0.378 e. The molecule has 0 spiro atoms. The molecule has 6 aromatic heterocycles. The molecule has 6 aromatic rings. The minimum Gasteiger partial charge on any atom is -0.378 e. The van der Waals surface area contributed by atoms with Crippen LogP contribution in [0.15, 0.2) is 24.8 Å². The van der Waals surface area contributed by atoms with E-state index in [4.69, 9.17) is 40.9 Å². The zero-order valence-electron chi connectivity index (χ0n) is 40.9. The molecule has 1 amide bonds. The number of nitrogens with zero attached hydrogens (tertiary/aromatic N) is 17. The van der Waals surface area contributed by atoms with Crippen LogP contribution in [0, 0.1) is 0 Å². The van der Waals surface area contributed by atoms with Crippen molar-refractivity contribution in [1.29, 1.82) is 0 Å². The van der Waals surface area contributed by atoms with Crippen LogP contribution < -0.4 is 36.4 Å². The van der Waals surface area contributed by atoms with E-state index in [1.165, 1.54) is 31.7 Å². The summed E-state index contributed by atoms with van der Waals surface area (Å²) in [4.78, 5) is 65.3. The standard InChI is InChI=1S/C23H29F3N10O2.C21H27F3N10O/c1-14(37)36-5-4-34(12-22(36,2)3)21-30-16-18(33-6-8-38-9-7-33)31-17(15-10-28-20(27)29-11-15)32-19(16)35(21)13-23(24,25)26;1-20(2)11-33(4-3-28-20)19-29-14-16(32-5-7-35-8-6-32)30-15(13-9-26-18(25)27-10-13)31-17(14)34(19)12-21(22,23)24/h10-11H,4-9,12-13H2,1-3H3,(H2,27,28,29);9-10,28H,3-8,11-12H2,1-2H3,(H2,25,26,27). The van der Waals surface area contributed by atoms with Gasteiger partial charge >= 0.3 is 12.4 Å². The predicted octanol–water partition coefficient (Wildman–Crippen LogP) is 3.16. The third-order valence-corrected chi connectivity index (χ3v) is 12.7. The molecule has 0 aliphatic carbocycles. The number of nitrogen functional groups attached to an aromatic ring is 2. The number of nitrogens with two attached hydrogens (primary N) is 2. The fourth-order valence-electron chi connectivity index (χ4n) is 9.46. The molecule has 0 saturated carbocycles. The number of rotatable bonds is 8. The van der Waals surface area contributed by atoms with Gasteiger partial charge in [0.05, 0.1) is 43.1 Å². The van der Waals surface area contributed by atoms with E-state index in [1.807, 2.05) is 42.4 Å². The number of halogens is 6. The van der Waals surface area contributed by atoms with Crippen LogP contribution in [-0.4, -0.2) is 185 Å². The Labute approximate surface area is 414 Å². The fourth-order valence-corrected chi connectivity index (χ4v) is 9.46. The summed E-state index contributed by atoms with van der Waals surface area (Å²) >= 11 is 0. The fraction of sp³-hybridized carbons (Fsp3) is 0.568. The Bertz CT molecular complexity index is 2940. The van der Waals surface area contributed by atoms with Crippen LogP contribution in [0.3, 0.4) is 0 Å². The molecule has 392 valence electrons. The molecule has 0 unspecified atom stereocenters. The van der Waals surface area contributed by atoms with Crippen LogP contribution in [0.25, 0.3) is 45.1 Å². The average molecular weight is 1030 g/mol. The number of anilines is 6. The second-order valence-electron chi connectivity index (χ2n) is 19.3. The largest absolute Gasteiger partial charge is 0.406 e. The summed E-state index contributed by atoms with van der Waals surface area (Å²) in [5, 5.41) is 3.38. The maximum atomic E-state index is 13.9. The van der Waals surface area contributed by atoms with Crippen molar-refractivity contribution >= 4 is 63.7 Å². The number of amides is 1. The summed E-state index contributed by atoms with van der Waals surface area (Å²) < 4.78 is 96.3. The first kappa shape index (κ1) is 50.9. The lowest BCUT2D eigenvalue weighted by Crippen LogP contribution is -2.61. The molecular formula is C44H56F6N20O3. The van der Waals surface area contributed by atoms with Gasteiger partial charge < -0.3 is 50.8 Å². The highest BCUT2D eigenvalue weighted by Gasteiger charge is 2.40. The van der Waals surface area contributed by atoms with Crippen molar-refractivity contribution < 1.29 is 40.6 Å². The molecule has 4 aliphatic heterocycles. The molecule has 4 fully saturated rings. The lowest BCUT2D eigenvalue weighted by Gasteiger charge is -2.47. The number of fused-ring (bicyclic) bond motifs is 2. The van der Waals surface area contributed by atoms with Crippen molar-refractivity contribution in [2.75, 3.05) is 123 Å². The zero-order chi connectivity index (χ0) is 52.0. The van der Waals surface area contributed by atoms with E-state index in [0.717, 1.165) is 9.13 Å².